The summed E-state index contributed by atoms with van der Waals surface area (Å²) < 4.78 is 5.23. The van der Waals surface area contributed by atoms with Crippen molar-refractivity contribution in [2.24, 2.45) is 5.92 Å². The van der Waals surface area contributed by atoms with E-state index in [-0.39, 0.29) is 12.4 Å². The third kappa shape index (κ3) is 5.70. The van der Waals surface area contributed by atoms with E-state index in [1.807, 2.05) is 18.2 Å². The minimum atomic E-state index is -0.611. The first kappa shape index (κ1) is 19.2. The van der Waals surface area contributed by atoms with E-state index in [1.165, 1.54) is 0 Å². The maximum atomic E-state index is 11.9. The predicted octanol–water partition coefficient (Wildman–Crippen LogP) is 2.69. The van der Waals surface area contributed by atoms with Crippen molar-refractivity contribution in [1.82, 2.24) is 30.7 Å². The van der Waals surface area contributed by atoms with E-state index in [0.717, 1.165) is 12.2 Å². The monoisotopic (exact) mass is 379 g/mol. The van der Waals surface area contributed by atoms with Crippen molar-refractivity contribution < 1.29 is 9.53 Å². The van der Waals surface area contributed by atoms with Crippen LogP contribution in [0.4, 0.5) is 10.5 Å². The summed E-state index contributed by atoms with van der Waals surface area (Å²) in [6, 6.07) is 12.6. The van der Waals surface area contributed by atoms with Gasteiger partial charge in [-0.25, -0.2) is 4.79 Å². The molecule has 0 aliphatic carbocycles. The number of aromatic nitrogens is 5. The predicted molar refractivity (Wildman–Crippen MR) is 103 cm³/mol. The smallest absolute Gasteiger partial charge is 0.410 e. The molecule has 2 aromatic heterocycles. The maximum Gasteiger partial charge on any atom is 0.412 e. The van der Waals surface area contributed by atoms with E-state index in [0.29, 0.717) is 23.2 Å². The Morgan fingerprint density at radius 3 is 2.43 bits per heavy atom. The summed E-state index contributed by atoms with van der Waals surface area (Å²) in [6.07, 6.45) is 1.03. The highest BCUT2D eigenvalue weighted by atomic mass is 16.6. The molecular formula is C19H21N7O2. The second kappa shape index (κ2) is 9.36. The normalized spacial score (nSPS) is 10.5. The minimum Gasteiger partial charge on any atom is -0.410 e. The van der Waals surface area contributed by atoms with Gasteiger partial charge in [0.15, 0.2) is 5.82 Å². The molecule has 1 aromatic carbocycles. The van der Waals surface area contributed by atoms with E-state index in [1.54, 1.807) is 30.5 Å². The minimum absolute atomic E-state index is 0.0510. The topological polar surface area (TPSA) is 115 Å². The van der Waals surface area contributed by atoms with Crippen LogP contribution in [0.25, 0.3) is 11.5 Å². The zero-order chi connectivity index (χ0) is 19.8. The number of carbonyl (C=O) groups is 1. The first-order valence-electron chi connectivity index (χ1n) is 8.87. The summed E-state index contributed by atoms with van der Waals surface area (Å²) in [4.78, 5) is 16.0. The highest BCUT2D eigenvalue weighted by Gasteiger charge is 2.08. The summed E-state index contributed by atoms with van der Waals surface area (Å²) in [7, 11) is 0. The molecule has 0 spiro atoms. The van der Waals surface area contributed by atoms with Crippen molar-refractivity contribution in [2.45, 2.75) is 20.4 Å². The van der Waals surface area contributed by atoms with E-state index < -0.39 is 6.09 Å². The van der Waals surface area contributed by atoms with Gasteiger partial charge in [-0.2, -0.15) is 0 Å². The molecule has 2 N–H and O–H groups in total. The molecule has 0 saturated heterocycles. The van der Waals surface area contributed by atoms with Crippen molar-refractivity contribution in [3.63, 3.8) is 0 Å². The second-order valence-electron chi connectivity index (χ2n) is 6.40. The fourth-order valence-corrected chi connectivity index (χ4v) is 2.18. The van der Waals surface area contributed by atoms with Crippen molar-refractivity contribution in [2.75, 3.05) is 11.9 Å². The standard InChI is InChI=1S/C19H21N7O2/c1-13(2)11-21-14-6-8-15(9-7-14)28-19(27)22-12-17-23-25-18(26-24-17)16-5-3-4-10-20-16/h3-10,13,21H,11-12H2,1-2H3,(H,22,27). The van der Waals surface area contributed by atoms with E-state index in [9.17, 15) is 4.79 Å². The molecule has 0 aliphatic rings. The Hall–Kier alpha value is -3.62. The molecule has 0 bridgehead atoms. The number of ether oxygens (including phenoxy) is 1. The van der Waals surface area contributed by atoms with Crippen LogP contribution in [0.2, 0.25) is 0 Å². The van der Waals surface area contributed by atoms with Gasteiger partial charge < -0.3 is 15.4 Å². The van der Waals surface area contributed by atoms with Crippen LogP contribution in [0.3, 0.4) is 0 Å². The molecule has 9 heteroatoms. The van der Waals surface area contributed by atoms with Gasteiger partial charge in [0.25, 0.3) is 0 Å². The van der Waals surface area contributed by atoms with E-state index in [2.05, 4.69) is 49.9 Å². The van der Waals surface area contributed by atoms with E-state index >= 15 is 0 Å². The van der Waals surface area contributed by atoms with Crippen molar-refractivity contribution in [3.8, 4) is 17.3 Å². The molecule has 3 rings (SSSR count). The molecule has 0 radical (unpaired) electrons. The molecule has 0 atom stereocenters. The molecule has 28 heavy (non-hydrogen) atoms. The summed E-state index contributed by atoms with van der Waals surface area (Å²) in [6.45, 7) is 5.20. The van der Waals surface area contributed by atoms with Crippen LogP contribution in [0.5, 0.6) is 5.75 Å². The molecule has 1 amide bonds. The Morgan fingerprint density at radius 2 is 1.79 bits per heavy atom. The molecule has 3 aromatic rings. The molecular weight excluding hydrogens is 358 g/mol. The van der Waals surface area contributed by atoms with Gasteiger partial charge in [-0.1, -0.05) is 19.9 Å². The fourth-order valence-electron chi connectivity index (χ4n) is 2.18. The van der Waals surface area contributed by atoms with Gasteiger partial charge in [0.05, 0.1) is 6.54 Å². The summed E-state index contributed by atoms with van der Waals surface area (Å²) in [5.41, 5.74) is 1.55. The van der Waals surface area contributed by atoms with Gasteiger partial charge in [-0.3, -0.25) is 4.98 Å². The molecule has 0 saturated carbocycles. The number of nitrogens with one attached hydrogen (secondary N) is 2. The van der Waals surface area contributed by atoms with Crippen molar-refractivity contribution in [3.05, 3.63) is 54.5 Å². The van der Waals surface area contributed by atoms with Crippen LogP contribution in [0, 0.1) is 5.92 Å². The number of pyridine rings is 1. The Morgan fingerprint density at radius 1 is 1.04 bits per heavy atom. The van der Waals surface area contributed by atoms with Crippen LogP contribution < -0.4 is 15.4 Å². The van der Waals surface area contributed by atoms with Gasteiger partial charge in [0.2, 0.25) is 5.82 Å². The number of anilines is 1. The SMILES string of the molecule is CC(C)CNc1ccc(OC(=O)NCc2nnc(-c3ccccn3)nn2)cc1. The van der Waals surface area contributed by atoms with Crippen molar-refractivity contribution in [1.29, 1.82) is 0 Å². The Bertz CT molecular complexity index is 884. The van der Waals surface area contributed by atoms with Crippen molar-refractivity contribution >= 4 is 11.8 Å². The zero-order valence-corrected chi connectivity index (χ0v) is 15.7. The summed E-state index contributed by atoms with van der Waals surface area (Å²) in [5.74, 6) is 1.57. The van der Waals surface area contributed by atoms with Crippen LogP contribution in [0.15, 0.2) is 48.7 Å². The number of carbonyl (C=O) groups excluding carboxylic acids is 1. The molecule has 0 aliphatic heterocycles. The van der Waals surface area contributed by atoms with Gasteiger partial charge in [-0.15, -0.1) is 20.4 Å². The lowest BCUT2D eigenvalue weighted by atomic mass is 10.2. The lowest BCUT2D eigenvalue weighted by molar-refractivity contribution is 0.199. The number of rotatable bonds is 7. The van der Waals surface area contributed by atoms with Gasteiger partial charge in [-0.05, 0) is 42.3 Å². The number of hydrogen-bond donors (Lipinski definition) is 2. The Kier molecular flexibility index (Phi) is 6.40. The molecule has 0 unspecified atom stereocenters. The molecule has 9 nitrogen and oxygen atoms in total. The van der Waals surface area contributed by atoms with Gasteiger partial charge in [0.1, 0.15) is 11.4 Å². The molecule has 0 fully saturated rings. The van der Waals surface area contributed by atoms with Crippen LogP contribution in [-0.4, -0.2) is 38.0 Å². The highest BCUT2D eigenvalue weighted by molar-refractivity contribution is 5.70. The van der Waals surface area contributed by atoms with Crippen LogP contribution in [0.1, 0.15) is 19.7 Å². The van der Waals surface area contributed by atoms with Gasteiger partial charge >= 0.3 is 6.09 Å². The highest BCUT2D eigenvalue weighted by Crippen LogP contribution is 2.16. The number of benzene rings is 1. The lowest BCUT2D eigenvalue weighted by Crippen LogP contribution is -2.27. The third-order valence-corrected chi connectivity index (χ3v) is 3.58. The average molecular weight is 379 g/mol. The lowest BCUT2D eigenvalue weighted by Gasteiger charge is -2.10. The largest absolute Gasteiger partial charge is 0.412 e. The van der Waals surface area contributed by atoms with Gasteiger partial charge in [0, 0.05) is 18.4 Å². The first-order valence-corrected chi connectivity index (χ1v) is 8.87. The third-order valence-electron chi connectivity index (χ3n) is 3.58. The fraction of sp³-hybridized carbons (Fsp3) is 0.263. The Labute approximate surface area is 162 Å². The average Bonchev–Trinajstić information content (AvgIpc) is 2.73. The maximum absolute atomic E-state index is 11.9. The molecule has 2 heterocycles. The second-order valence-corrected chi connectivity index (χ2v) is 6.40. The molecule has 144 valence electrons. The first-order chi connectivity index (χ1) is 13.6. The zero-order valence-electron chi connectivity index (χ0n) is 15.7. The quantitative estimate of drug-likeness (QED) is 0.644. The van der Waals surface area contributed by atoms with Crippen LogP contribution >= 0.6 is 0 Å². The summed E-state index contributed by atoms with van der Waals surface area (Å²) in [5, 5.41) is 21.7. The summed E-state index contributed by atoms with van der Waals surface area (Å²) >= 11 is 0. The number of hydrogen-bond acceptors (Lipinski definition) is 8. The number of nitrogens with zero attached hydrogens (tertiary/aromatic N) is 5. The number of amides is 1. The Balaban J connectivity index is 1.47. The van der Waals surface area contributed by atoms with E-state index in [4.69, 9.17) is 4.74 Å². The van der Waals surface area contributed by atoms with Crippen LogP contribution in [-0.2, 0) is 6.54 Å².